The molecule has 2 aromatic heterocycles. The van der Waals surface area contributed by atoms with E-state index in [9.17, 15) is 4.79 Å². The Morgan fingerprint density at radius 2 is 2.11 bits per heavy atom. The first-order valence-corrected chi connectivity index (χ1v) is 5.97. The van der Waals surface area contributed by atoms with Crippen molar-refractivity contribution in [2.24, 2.45) is 0 Å². The van der Waals surface area contributed by atoms with Crippen LogP contribution in [-0.4, -0.2) is 42.7 Å². The molecule has 0 aliphatic heterocycles. The maximum absolute atomic E-state index is 12.0. The molecule has 2 aromatic rings. The van der Waals surface area contributed by atoms with E-state index in [0.717, 1.165) is 11.4 Å². The minimum atomic E-state index is -0.715. The van der Waals surface area contributed by atoms with Crippen LogP contribution in [0.15, 0.2) is 6.07 Å². The van der Waals surface area contributed by atoms with E-state index >= 15 is 0 Å². The van der Waals surface area contributed by atoms with Gasteiger partial charge in [0.1, 0.15) is 0 Å². The average Bonchev–Trinajstić information content (AvgIpc) is 2.72. The van der Waals surface area contributed by atoms with Crippen molar-refractivity contribution in [1.29, 1.82) is 0 Å². The van der Waals surface area contributed by atoms with Crippen LogP contribution in [0.5, 0.6) is 0 Å². The van der Waals surface area contributed by atoms with Gasteiger partial charge in [-0.1, -0.05) is 0 Å². The van der Waals surface area contributed by atoms with Crippen LogP contribution >= 0.6 is 0 Å². The highest BCUT2D eigenvalue weighted by Gasteiger charge is 2.23. The second-order valence-electron chi connectivity index (χ2n) is 5.18. The van der Waals surface area contributed by atoms with Gasteiger partial charge in [-0.3, -0.25) is 4.79 Å². The topological polar surface area (TPSA) is 92.4 Å². The van der Waals surface area contributed by atoms with Crippen molar-refractivity contribution in [3.63, 3.8) is 0 Å². The second kappa shape index (κ2) is 4.58. The van der Waals surface area contributed by atoms with Gasteiger partial charge >= 0.3 is 0 Å². The summed E-state index contributed by atoms with van der Waals surface area (Å²) in [6, 6.07) is 1.86. The third kappa shape index (κ3) is 2.70. The van der Waals surface area contributed by atoms with Gasteiger partial charge in [0.25, 0.3) is 11.7 Å². The van der Waals surface area contributed by atoms with E-state index in [0.29, 0.717) is 5.78 Å². The van der Waals surface area contributed by atoms with Crippen molar-refractivity contribution >= 4 is 11.7 Å². The van der Waals surface area contributed by atoms with E-state index in [4.69, 9.17) is 5.11 Å². The van der Waals surface area contributed by atoms with Gasteiger partial charge in [0.15, 0.2) is 0 Å². The van der Waals surface area contributed by atoms with Crippen LogP contribution in [0.25, 0.3) is 5.78 Å². The summed E-state index contributed by atoms with van der Waals surface area (Å²) in [4.78, 5) is 20.3. The molecule has 2 N–H and O–H groups in total. The van der Waals surface area contributed by atoms with Crippen LogP contribution in [0.2, 0.25) is 0 Å². The van der Waals surface area contributed by atoms with Gasteiger partial charge in [0.2, 0.25) is 5.82 Å². The average molecular weight is 263 g/mol. The van der Waals surface area contributed by atoms with Crippen molar-refractivity contribution in [3.05, 3.63) is 23.3 Å². The first-order chi connectivity index (χ1) is 8.82. The maximum atomic E-state index is 12.0. The van der Waals surface area contributed by atoms with E-state index in [1.165, 1.54) is 4.52 Å². The number of aryl methyl sites for hydroxylation is 2. The lowest BCUT2D eigenvalue weighted by molar-refractivity contribution is 0.0859. The Bertz CT molecular complexity index is 632. The number of nitrogens with one attached hydrogen (secondary N) is 1. The lowest BCUT2D eigenvalue weighted by Gasteiger charge is -2.22. The summed E-state index contributed by atoms with van der Waals surface area (Å²) in [6.45, 7) is 7.00. The third-order valence-corrected chi connectivity index (χ3v) is 2.67. The molecule has 0 unspecified atom stereocenters. The number of amides is 1. The molecule has 2 rings (SSSR count). The summed E-state index contributed by atoms with van der Waals surface area (Å²) in [5.41, 5.74) is 0.961. The zero-order valence-electron chi connectivity index (χ0n) is 11.4. The minimum absolute atomic E-state index is 0.0442. The standard InChI is InChI=1S/C12H17N5O2/c1-7-5-8(2)17-11(13-7)14-9(16-17)10(19)15-12(3,4)6-18/h5,18H,6H2,1-4H3,(H,15,19). The van der Waals surface area contributed by atoms with Gasteiger partial charge in [-0.2, -0.15) is 4.98 Å². The number of carbonyl (C=O) groups is 1. The van der Waals surface area contributed by atoms with Crippen LogP contribution in [-0.2, 0) is 0 Å². The smallest absolute Gasteiger partial charge is 0.291 e. The molecule has 7 heteroatoms. The third-order valence-electron chi connectivity index (χ3n) is 2.67. The summed E-state index contributed by atoms with van der Waals surface area (Å²) in [5, 5.41) is 15.9. The molecule has 102 valence electrons. The quantitative estimate of drug-likeness (QED) is 0.827. The number of aromatic nitrogens is 4. The Morgan fingerprint density at radius 1 is 1.42 bits per heavy atom. The SMILES string of the molecule is Cc1cc(C)n2nc(C(=O)NC(C)(C)CO)nc2n1. The molecule has 0 radical (unpaired) electrons. The van der Waals surface area contributed by atoms with Gasteiger partial charge in [0, 0.05) is 11.4 Å². The lowest BCUT2D eigenvalue weighted by Crippen LogP contribution is -2.46. The van der Waals surface area contributed by atoms with Crippen LogP contribution in [0.3, 0.4) is 0 Å². The molecular weight excluding hydrogens is 246 g/mol. The molecule has 0 spiro atoms. The molecule has 19 heavy (non-hydrogen) atoms. The fraction of sp³-hybridized carbons (Fsp3) is 0.500. The molecule has 7 nitrogen and oxygen atoms in total. The van der Waals surface area contributed by atoms with Crippen LogP contribution in [0.1, 0.15) is 35.9 Å². The highest BCUT2D eigenvalue weighted by atomic mass is 16.3. The fourth-order valence-electron chi connectivity index (χ4n) is 1.67. The predicted molar refractivity (Wildman–Crippen MR) is 68.9 cm³/mol. The molecule has 0 aromatic carbocycles. The molecule has 0 saturated carbocycles. The van der Waals surface area contributed by atoms with E-state index in [-0.39, 0.29) is 12.4 Å². The zero-order valence-corrected chi connectivity index (χ0v) is 11.4. The summed E-state index contributed by atoms with van der Waals surface area (Å²) in [6.07, 6.45) is 0. The predicted octanol–water partition coefficient (Wildman–Crippen LogP) is 0.242. The van der Waals surface area contributed by atoms with Gasteiger partial charge < -0.3 is 10.4 Å². The number of aliphatic hydroxyl groups is 1. The Labute approximate surface area is 110 Å². The number of rotatable bonds is 3. The summed E-state index contributed by atoms with van der Waals surface area (Å²) >= 11 is 0. The van der Waals surface area contributed by atoms with Crippen LogP contribution < -0.4 is 5.32 Å². The maximum Gasteiger partial charge on any atom is 0.291 e. The summed E-state index contributed by atoms with van der Waals surface area (Å²) in [7, 11) is 0. The largest absolute Gasteiger partial charge is 0.394 e. The van der Waals surface area contributed by atoms with Crippen molar-refractivity contribution < 1.29 is 9.90 Å². The lowest BCUT2D eigenvalue weighted by atomic mass is 10.1. The van der Waals surface area contributed by atoms with Crippen LogP contribution in [0.4, 0.5) is 0 Å². The number of hydrogen-bond acceptors (Lipinski definition) is 5. The molecule has 2 heterocycles. The number of aliphatic hydroxyl groups excluding tert-OH is 1. The van der Waals surface area contributed by atoms with Gasteiger partial charge in [0.05, 0.1) is 12.1 Å². The van der Waals surface area contributed by atoms with Crippen LogP contribution in [0, 0.1) is 13.8 Å². The number of carbonyl (C=O) groups excluding carboxylic acids is 1. The van der Waals surface area contributed by atoms with Crippen molar-refractivity contribution in [2.75, 3.05) is 6.61 Å². The molecular formula is C12H17N5O2. The molecule has 0 atom stereocenters. The first kappa shape index (κ1) is 13.4. The minimum Gasteiger partial charge on any atom is -0.394 e. The molecule has 0 aliphatic rings. The molecule has 0 bridgehead atoms. The fourth-order valence-corrected chi connectivity index (χ4v) is 1.67. The Hall–Kier alpha value is -2.02. The van der Waals surface area contributed by atoms with Crippen molar-refractivity contribution in [2.45, 2.75) is 33.2 Å². The monoisotopic (exact) mass is 263 g/mol. The van der Waals surface area contributed by atoms with E-state index in [2.05, 4.69) is 20.4 Å². The second-order valence-corrected chi connectivity index (χ2v) is 5.18. The normalized spacial score (nSPS) is 11.8. The highest BCUT2D eigenvalue weighted by Crippen LogP contribution is 2.07. The highest BCUT2D eigenvalue weighted by molar-refractivity contribution is 5.91. The van der Waals surface area contributed by atoms with Gasteiger partial charge in [-0.25, -0.2) is 9.50 Å². The van der Waals surface area contributed by atoms with E-state index in [1.54, 1.807) is 13.8 Å². The first-order valence-electron chi connectivity index (χ1n) is 5.97. The van der Waals surface area contributed by atoms with E-state index in [1.807, 2.05) is 19.9 Å². The molecule has 0 aliphatic carbocycles. The van der Waals surface area contributed by atoms with E-state index < -0.39 is 11.4 Å². The Morgan fingerprint density at radius 3 is 2.74 bits per heavy atom. The molecule has 1 amide bonds. The Kier molecular flexibility index (Phi) is 3.23. The number of fused-ring (bicyclic) bond motifs is 1. The number of nitrogens with zero attached hydrogens (tertiary/aromatic N) is 4. The molecule has 0 fully saturated rings. The van der Waals surface area contributed by atoms with Crippen molar-refractivity contribution in [1.82, 2.24) is 24.9 Å². The number of hydrogen-bond donors (Lipinski definition) is 2. The molecule has 0 saturated heterocycles. The summed E-state index contributed by atoms with van der Waals surface area (Å²) < 4.78 is 1.52. The zero-order chi connectivity index (χ0) is 14.2. The van der Waals surface area contributed by atoms with Crippen molar-refractivity contribution in [3.8, 4) is 0 Å². The summed E-state index contributed by atoms with van der Waals surface area (Å²) in [5.74, 6) is 0.00813. The van der Waals surface area contributed by atoms with Gasteiger partial charge in [-0.15, -0.1) is 5.10 Å². The van der Waals surface area contributed by atoms with Gasteiger partial charge in [-0.05, 0) is 33.8 Å². The Balaban J connectivity index is 2.36.